The van der Waals surface area contributed by atoms with E-state index < -0.39 is 37.0 Å². The molecule has 1 fully saturated rings. The molecule has 4 atom stereocenters. The summed E-state index contributed by atoms with van der Waals surface area (Å²) in [4.78, 5) is 11.1. The molecule has 0 spiro atoms. The van der Waals surface area contributed by atoms with Crippen molar-refractivity contribution in [3.8, 4) is 0 Å². The average Bonchev–Trinajstić information content (AvgIpc) is 2.15. The zero-order valence-electron chi connectivity index (χ0n) is 7.08. The van der Waals surface area contributed by atoms with Gasteiger partial charge in [-0.25, -0.2) is 0 Å². The molecule has 1 aliphatic heterocycles. The van der Waals surface area contributed by atoms with E-state index in [9.17, 15) is 15.0 Å². The van der Waals surface area contributed by atoms with Crippen LogP contribution in [-0.4, -0.2) is 59.4 Å². The van der Waals surface area contributed by atoms with E-state index in [1.54, 1.807) is 0 Å². The molecular weight excluding hydrogens is 180 g/mol. The number of rotatable bonds is 2. The molecule has 0 aromatic carbocycles. The Hall–Kier alpha value is -0.530. The zero-order valence-corrected chi connectivity index (χ0v) is 7.08. The molecule has 0 radical (unpaired) electrons. The van der Waals surface area contributed by atoms with Crippen molar-refractivity contribution in [2.75, 3.05) is 13.7 Å². The Balaban J connectivity index is 2.72. The fraction of sp³-hybridized carbons (Fsp3) is 0.857. The topological polar surface area (TPSA) is 96.2 Å². The third-order valence-corrected chi connectivity index (χ3v) is 1.92. The van der Waals surface area contributed by atoms with Crippen molar-refractivity contribution in [2.24, 2.45) is 0 Å². The van der Waals surface area contributed by atoms with Gasteiger partial charge >= 0.3 is 0 Å². The number of methoxy groups -OCH3 is 1. The molecule has 0 aliphatic carbocycles. The van der Waals surface area contributed by atoms with Gasteiger partial charge in [-0.1, -0.05) is 0 Å². The first kappa shape index (κ1) is 10.6. The molecule has 0 bridgehead atoms. The molecule has 6 nitrogen and oxygen atoms in total. The maximum Gasteiger partial charge on any atom is 0.220 e. The van der Waals surface area contributed by atoms with Gasteiger partial charge in [0.05, 0.1) is 6.61 Å². The van der Waals surface area contributed by atoms with Crippen LogP contribution in [0.25, 0.3) is 0 Å². The fourth-order valence-corrected chi connectivity index (χ4v) is 1.14. The first-order valence-corrected chi connectivity index (χ1v) is 3.80. The van der Waals surface area contributed by atoms with Crippen LogP contribution >= 0.6 is 0 Å². The van der Waals surface area contributed by atoms with E-state index in [4.69, 9.17) is 9.84 Å². The third kappa shape index (κ3) is 1.87. The summed E-state index contributed by atoms with van der Waals surface area (Å²) in [7, 11) is 1.24. The van der Waals surface area contributed by atoms with Gasteiger partial charge in [0.2, 0.25) is 12.1 Å². The summed E-state index contributed by atoms with van der Waals surface area (Å²) < 4.78 is 9.45. The number of ketones is 1. The molecule has 1 aliphatic rings. The van der Waals surface area contributed by atoms with Crippen molar-refractivity contribution >= 4 is 5.78 Å². The van der Waals surface area contributed by atoms with Crippen LogP contribution in [0.5, 0.6) is 0 Å². The summed E-state index contributed by atoms with van der Waals surface area (Å²) in [5, 5.41) is 27.1. The van der Waals surface area contributed by atoms with Crippen LogP contribution < -0.4 is 0 Å². The summed E-state index contributed by atoms with van der Waals surface area (Å²) in [5.41, 5.74) is 0. The minimum atomic E-state index is -1.56. The Kier molecular flexibility index (Phi) is 3.34. The zero-order chi connectivity index (χ0) is 10.0. The SMILES string of the molecule is CO[C@H]1O[C@H](CO)[C@H](O)[C@H](O)C1=O. The lowest BCUT2D eigenvalue weighted by atomic mass is 10.0. The molecule has 0 saturated carbocycles. The molecule has 13 heavy (non-hydrogen) atoms. The molecular formula is C7H12O6. The molecule has 3 N–H and O–H groups in total. The van der Waals surface area contributed by atoms with E-state index in [1.807, 2.05) is 0 Å². The van der Waals surface area contributed by atoms with Crippen LogP contribution in [-0.2, 0) is 14.3 Å². The normalized spacial score (nSPS) is 40.8. The van der Waals surface area contributed by atoms with Crippen LogP contribution in [0.2, 0.25) is 0 Å². The molecule has 0 aromatic heterocycles. The first-order valence-electron chi connectivity index (χ1n) is 3.80. The highest BCUT2D eigenvalue weighted by atomic mass is 16.7. The van der Waals surface area contributed by atoms with Gasteiger partial charge in [-0.3, -0.25) is 4.79 Å². The van der Waals surface area contributed by atoms with Crippen molar-refractivity contribution < 1.29 is 29.6 Å². The fourth-order valence-electron chi connectivity index (χ4n) is 1.14. The smallest absolute Gasteiger partial charge is 0.220 e. The van der Waals surface area contributed by atoms with Gasteiger partial charge in [0.1, 0.15) is 18.3 Å². The molecule has 0 aromatic rings. The largest absolute Gasteiger partial charge is 0.394 e. The summed E-state index contributed by atoms with van der Waals surface area (Å²) in [5.74, 6) is -0.736. The predicted octanol–water partition coefficient (Wildman–Crippen LogP) is -2.36. The van der Waals surface area contributed by atoms with Crippen molar-refractivity contribution in [3.63, 3.8) is 0 Å². The van der Waals surface area contributed by atoms with Gasteiger partial charge in [-0.05, 0) is 0 Å². The van der Waals surface area contributed by atoms with Gasteiger partial charge < -0.3 is 24.8 Å². The van der Waals surface area contributed by atoms with Crippen molar-refractivity contribution in [1.82, 2.24) is 0 Å². The highest BCUT2D eigenvalue weighted by Gasteiger charge is 2.43. The van der Waals surface area contributed by atoms with Crippen molar-refractivity contribution in [3.05, 3.63) is 0 Å². The Labute approximate surface area is 74.7 Å². The number of hydrogen-bond donors (Lipinski definition) is 3. The molecule has 1 heterocycles. The number of aliphatic hydroxyl groups is 3. The van der Waals surface area contributed by atoms with E-state index in [-0.39, 0.29) is 0 Å². The van der Waals surface area contributed by atoms with Gasteiger partial charge in [-0.2, -0.15) is 0 Å². The summed E-state index contributed by atoms with van der Waals surface area (Å²) in [6, 6.07) is 0. The highest BCUT2D eigenvalue weighted by molar-refractivity contribution is 5.87. The standard InChI is InChI=1S/C7H12O6/c1-12-7-6(11)5(10)4(9)3(2-8)13-7/h3-5,7-10H,2H2,1H3/t3-,4+,5+,7+/m1/s1. The second-order valence-corrected chi connectivity index (χ2v) is 2.76. The quantitative estimate of drug-likeness (QED) is 0.453. The monoisotopic (exact) mass is 192 g/mol. The molecule has 1 rings (SSSR count). The summed E-state index contributed by atoms with van der Waals surface area (Å²) in [6.07, 6.45) is -5.16. The second kappa shape index (κ2) is 4.12. The van der Waals surface area contributed by atoms with Gasteiger partial charge in [0, 0.05) is 7.11 Å². The Morgan fingerprint density at radius 3 is 2.62 bits per heavy atom. The van der Waals surface area contributed by atoms with E-state index in [1.165, 1.54) is 7.11 Å². The number of hydrogen-bond acceptors (Lipinski definition) is 6. The molecule has 1 saturated heterocycles. The van der Waals surface area contributed by atoms with E-state index in [2.05, 4.69) is 4.74 Å². The molecule has 76 valence electrons. The van der Waals surface area contributed by atoms with Crippen LogP contribution in [0.4, 0.5) is 0 Å². The van der Waals surface area contributed by atoms with Crippen LogP contribution in [0.3, 0.4) is 0 Å². The minimum Gasteiger partial charge on any atom is -0.394 e. The number of carbonyl (C=O) groups is 1. The lowest BCUT2D eigenvalue weighted by Gasteiger charge is -2.33. The van der Waals surface area contributed by atoms with Gasteiger partial charge in [0.25, 0.3) is 0 Å². The van der Waals surface area contributed by atoms with Gasteiger partial charge in [-0.15, -0.1) is 0 Å². The van der Waals surface area contributed by atoms with Crippen LogP contribution in [0.1, 0.15) is 0 Å². The lowest BCUT2D eigenvalue weighted by molar-refractivity contribution is -0.233. The molecule has 6 heteroatoms. The number of Topliss-reactive ketones (excluding diaryl/α,β-unsaturated/α-hetero) is 1. The number of ether oxygens (including phenoxy) is 2. The first-order chi connectivity index (χ1) is 6.11. The Morgan fingerprint density at radius 2 is 2.15 bits per heavy atom. The summed E-state index contributed by atoms with van der Waals surface area (Å²) >= 11 is 0. The van der Waals surface area contributed by atoms with Crippen molar-refractivity contribution in [1.29, 1.82) is 0 Å². The Bertz CT molecular complexity index is 189. The number of carbonyl (C=O) groups excluding carboxylic acids is 1. The molecule has 0 unspecified atom stereocenters. The number of aliphatic hydroxyl groups excluding tert-OH is 3. The average molecular weight is 192 g/mol. The van der Waals surface area contributed by atoms with Crippen LogP contribution in [0.15, 0.2) is 0 Å². The summed E-state index contributed by atoms with van der Waals surface area (Å²) in [6.45, 7) is -0.481. The van der Waals surface area contributed by atoms with Crippen LogP contribution in [0, 0.1) is 0 Å². The van der Waals surface area contributed by atoms with E-state index in [0.29, 0.717) is 0 Å². The van der Waals surface area contributed by atoms with E-state index in [0.717, 1.165) is 0 Å². The van der Waals surface area contributed by atoms with Gasteiger partial charge in [0.15, 0.2) is 0 Å². The second-order valence-electron chi connectivity index (χ2n) is 2.76. The van der Waals surface area contributed by atoms with Crippen molar-refractivity contribution in [2.45, 2.75) is 24.6 Å². The predicted molar refractivity (Wildman–Crippen MR) is 39.8 cm³/mol. The van der Waals surface area contributed by atoms with E-state index >= 15 is 0 Å². The molecule has 0 amide bonds. The maximum absolute atomic E-state index is 11.1. The highest BCUT2D eigenvalue weighted by Crippen LogP contribution is 2.17. The maximum atomic E-state index is 11.1. The lowest BCUT2D eigenvalue weighted by Crippen LogP contribution is -2.56. The minimum absolute atomic E-state index is 0.481. The third-order valence-electron chi connectivity index (χ3n) is 1.92. The Morgan fingerprint density at radius 1 is 1.54 bits per heavy atom.